The molecule has 0 aliphatic heterocycles. The van der Waals surface area contributed by atoms with E-state index in [9.17, 15) is 4.79 Å². The highest BCUT2D eigenvalue weighted by Crippen LogP contribution is 2.30. The number of nitrogens with one attached hydrogen (secondary N) is 2. The van der Waals surface area contributed by atoms with Gasteiger partial charge in [0.25, 0.3) is 5.91 Å². The number of aromatic amines is 1. The molecule has 0 aliphatic rings. The number of aromatic nitrogens is 5. The van der Waals surface area contributed by atoms with Gasteiger partial charge in [-0.15, -0.1) is 16.4 Å². The van der Waals surface area contributed by atoms with Crippen molar-refractivity contribution in [2.24, 2.45) is 0 Å². The molecule has 3 aromatic heterocycles. The number of hydrogen-bond acceptors (Lipinski definition) is 6. The lowest BCUT2D eigenvalue weighted by Crippen LogP contribution is -2.13. The van der Waals surface area contributed by atoms with Gasteiger partial charge in [-0.25, -0.2) is 9.67 Å². The van der Waals surface area contributed by atoms with Gasteiger partial charge in [0.1, 0.15) is 12.4 Å². The molecule has 0 spiro atoms. The van der Waals surface area contributed by atoms with Crippen LogP contribution in [-0.2, 0) is 6.54 Å². The first kappa shape index (κ1) is 18.1. The Morgan fingerprint density at radius 3 is 2.90 bits per heavy atom. The minimum absolute atomic E-state index is 0.201. The van der Waals surface area contributed by atoms with Crippen LogP contribution in [0.4, 0.5) is 11.4 Å². The molecule has 0 bridgehead atoms. The Bertz CT molecular complexity index is 1300. The lowest BCUT2D eigenvalue weighted by atomic mass is 10.1. The largest absolute Gasteiger partial charge is 0.397 e. The predicted molar refractivity (Wildman–Crippen MR) is 117 cm³/mol. The van der Waals surface area contributed by atoms with Crippen LogP contribution in [0.25, 0.3) is 21.5 Å². The molecular formula is C21H17N7OS. The molecule has 3 heterocycles. The van der Waals surface area contributed by atoms with Crippen molar-refractivity contribution in [1.82, 2.24) is 25.0 Å². The number of imidazole rings is 1. The van der Waals surface area contributed by atoms with E-state index in [0.717, 1.165) is 27.3 Å². The SMILES string of the molecule is Nc1ccc(-c2cccs2)cc1NC(=O)c1cn(Cc2nc3ccccc3[nH]2)nn1. The van der Waals surface area contributed by atoms with Crippen molar-refractivity contribution in [1.29, 1.82) is 0 Å². The normalized spacial score (nSPS) is 11.1. The topological polar surface area (TPSA) is 115 Å². The summed E-state index contributed by atoms with van der Waals surface area (Å²) < 4.78 is 1.57. The van der Waals surface area contributed by atoms with Gasteiger partial charge in [0.2, 0.25) is 0 Å². The second-order valence-corrected chi connectivity index (χ2v) is 7.68. The van der Waals surface area contributed by atoms with E-state index in [-0.39, 0.29) is 11.6 Å². The summed E-state index contributed by atoms with van der Waals surface area (Å²) in [6.45, 7) is 0.380. The standard InChI is InChI=1S/C21H17N7OS/c22-14-8-7-13(19-6-3-9-30-19)10-17(14)25-21(29)18-11-28(27-26-18)12-20-23-15-4-1-2-5-16(15)24-20/h1-11H,12,22H2,(H,23,24)(H,25,29). The predicted octanol–water partition coefficient (Wildman–Crippen LogP) is 3.77. The van der Waals surface area contributed by atoms with Gasteiger partial charge in [-0.3, -0.25) is 4.79 Å². The van der Waals surface area contributed by atoms with Gasteiger partial charge >= 0.3 is 0 Å². The molecule has 148 valence electrons. The molecule has 30 heavy (non-hydrogen) atoms. The summed E-state index contributed by atoms with van der Waals surface area (Å²) in [6, 6.07) is 17.3. The molecule has 5 aromatic rings. The number of nitrogens with two attached hydrogens (primary N) is 1. The van der Waals surface area contributed by atoms with Crippen molar-refractivity contribution in [3.05, 3.63) is 77.7 Å². The van der Waals surface area contributed by atoms with Crippen molar-refractivity contribution in [2.45, 2.75) is 6.54 Å². The van der Waals surface area contributed by atoms with Crippen LogP contribution in [0.2, 0.25) is 0 Å². The zero-order valence-electron chi connectivity index (χ0n) is 15.7. The summed E-state index contributed by atoms with van der Waals surface area (Å²) in [5.74, 6) is 0.363. The number of nitrogen functional groups attached to an aromatic ring is 1. The van der Waals surface area contributed by atoms with Crippen LogP contribution in [-0.4, -0.2) is 30.9 Å². The van der Waals surface area contributed by atoms with E-state index in [1.54, 1.807) is 28.3 Å². The minimum Gasteiger partial charge on any atom is -0.397 e. The minimum atomic E-state index is -0.374. The molecule has 8 nitrogen and oxygen atoms in total. The molecule has 0 fully saturated rings. The molecule has 0 atom stereocenters. The van der Waals surface area contributed by atoms with E-state index in [1.165, 1.54) is 0 Å². The number of H-pyrrole nitrogens is 1. The molecule has 9 heteroatoms. The molecule has 0 unspecified atom stereocenters. The zero-order valence-corrected chi connectivity index (χ0v) is 16.6. The van der Waals surface area contributed by atoms with Gasteiger partial charge in [0.15, 0.2) is 5.69 Å². The Morgan fingerprint density at radius 2 is 2.07 bits per heavy atom. The van der Waals surface area contributed by atoms with E-state index in [2.05, 4.69) is 25.6 Å². The number of benzene rings is 2. The lowest BCUT2D eigenvalue weighted by Gasteiger charge is -2.08. The van der Waals surface area contributed by atoms with Gasteiger partial charge in [-0.1, -0.05) is 29.5 Å². The van der Waals surface area contributed by atoms with E-state index >= 15 is 0 Å². The highest BCUT2D eigenvalue weighted by molar-refractivity contribution is 7.13. The van der Waals surface area contributed by atoms with Crippen LogP contribution in [0, 0.1) is 0 Å². The van der Waals surface area contributed by atoms with Crippen LogP contribution in [0.15, 0.2) is 66.2 Å². The zero-order chi connectivity index (χ0) is 20.5. The number of thiophene rings is 1. The van der Waals surface area contributed by atoms with Crippen LogP contribution in [0.5, 0.6) is 0 Å². The fourth-order valence-electron chi connectivity index (χ4n) is 3.16. The highest BCUT2D eigenvalue weighted by atomic mass is 32.1. The van der Waals surface area contributed by atoms with Crippen LogP contribution in [0.1, 0.15) is 16.3 Å². The van der Waals surface area contributed by atoms with E-state index in [0.29, 0.717) is 17.9 Å². The quantitative estimate of drug-likeness (QED) is 0.378. The number of rotatable bonds is 5. The summed E-state index contributed by atoms with van der Waals surface area (Å²) in [7, 11) is 0. The van der Waals surface area contributed by atoms with Crippen molar-refractivity contribution in [3.63, 3.8) is 0 Å². The summed E-state index contributed by atoms with van der Waals surface area (Å²) in [6.07, 6.45) is 1.59. The molecule has 2 aromatic carbocycles. The fraction of sp³-hybridized carbons (Fsp3) is 0.0476. The fourth-order valence-corrected chi connectivity index (χ4v) is 3.88. The maximum absolute atomic E-state index is 12.7. The Balaban J connectivity index is 1.33. The second-order valence-electron chi connectivity index (χ2n) is 6.74. The van der Waals surface area contributed by atoms with Crippen LogP contribution in [0.3, 0.4) is 0 Å². The molecule has 1 amide bonds. The van der Waals surface area contributed by atoms with Crippen molar-refractivity contribution in [3.8, 4) is 10.4 Å². The first-order valence-corrected chi connectivity index (χ1v) is 10.1. The number of para-hydroxylation sites is 2. The van der Waals surface area contributed by atoms with Gasteiger partial charge in [-0.2, -0.15) is 0 Å². The summed E-state index contributed by atoms with van der Waals surface area (Å²) in [4.78, 5) is 21.5. The number of amides is 1. The Hall–Kier alpha value is -3.98. The number of nitrogens with zero attached hydrogens (tertiary/aromatic N) is 4. The van der Waals surface area contributed by atoms with Gasteiger partial charge in [-0.05, 0) is 41.3 Å². The molecule has 5 rings (SSSR count). The third-order valence-corrected chi connectivity index (χ3v) is 5.55. The second kappa shape index (κ2) is 7.45. The average Bonchev–Trinajstić information content (AvgIpc) is 3.50. The lowest BCUT2D eigenvalue weighted by molar-refractivity contribution is 0.102. The molecular weight excluding hydrogens is 398 g/mol. The Morgan fingerprint density at radius 1 is 1.17 bits per heavy atom. The maximum atomic E-state index is 12.7. The number of hydrogen-bond donors (Lipinski definition) is 3. The smallest absolute Gasteiger partial charge is 0.277 e. The number of anilines is 2. The molecule has 4 N–H and O–H groups in total. The van der Waals surface area contributed by atoms with Crippen LogP contribution < -0.4 is 11.1 Å². The third kappa shape index (κ3) is 3.53. The number of carbonyl (C=O) groups is 1. The van der Waals surface area contributed by atoms with Crippen molar-refractivity contribution >= 4 is 39.7 Å². The Kier molecular flexibility index (Phi) is 4.49. The number of fused-ring (bicyclic) bond motifs is 1. The van der Waals surface area contributed by atoms with Gasteiger partial charge < -0.3 is 16.0 Å². The summed E-state index contributed by atoms with van der Waals surface area (Å²) in [5, 5.41) is 12.9. The van der Waals surface area contributed by atoms with E-state index in [1.807, 2.05) is 53.9 Å². The maximum Gasteiger partial charge on any atom is 0.277 e. The highest BCUT2D eigenvalue weighted by Gasteiger charge is 2.14. The average molecular weight is 415 g/mol. The summed E-state index contributed by atoms with van der Waals surface area (Å²) in [5.41, 5.74) is 10.1. The Labute approximate surface area is 175 Å². The third-order valence-electron chi connectivity index (χ3n) is 4.63. The van der Waals surface area contributed by atoms with Gasteiger partial charge in [0.05, 0.1) is 28.6 Å². The van der Waals surface area contributed by atoms with E-state index < -0.39 is 0 Å². The molecule has 0 radical (unpaired) electrons. The molecule has 0 saturated carbocycles. The van der Waals surface area contributed by atoms with E-state index in [4.69, 9.17) is 5.73 Å². The van der Waals surface area contributed by atoms with Crippen LogP contribution >= 0.6 is 11.3 Å². The monoisotopic (exact) mass is 415 g/mol. The first-order chi connectivity index (χ1) is 14.7. The number of carbonyl (C=O) groups excluding carboxylic acids is 1. The van der Waals surface area contributed by atoms with Gasteiger partial charge in [0, 0.05) is 4.88 Å². The van der Waals surface area contributed by atoms with Crippen molar-refractivity contribution in [2.75, 3.05) is 11.1 Å². The molecule has 0 saturated heterocycles. The summed E-state index contributed by atoms with van der Waals surface area (Å²) >= 11 is 1.62. The molecule has 0 aliphatic carbocycles. The first-order valence-electron chi connectivity index (χ1n) is 9.24. The van der Waals surface area contributed by atoms with Crippen molar-refractivity contribution < 1.29 is 4.79 Å².